The maximum absolute atomic E-state index is 12.9. The molecule has 0 radical (unpaired) electrons. The molecule has 26 heavy (non-hydrogen) atoms. The Bertz CT molecular complexity index is 708. The van der Waals surface area contributed by atoms with Gasteiger partial charge >= 0.3 is 0 Å². The number of hydrogen-bond donors (Lipinski definition) is 2. The number of nitrogens with one attached hydrogen (secondary N) is 2. The summed E-state index contributed by atoms with van der Waals surface area (Å²) >= 11 is 0. The van der Waals surface area contributed by atoms with E-state index >= 15 is 0 Å². The van der Waals surface area contributed by atoms with Crippen molar-refractivity contribution in [2.24, 2.45) is 0 Å². The molecular weight excluding hydrogens is 334 g/mol. The summed E-state index contributed by atoms with van der Waals surface area (Å²) in [5, 5.41) is 6.54. The number of carbonyl (C=O) groups is 2. The minimum atomic E-state index is -0.391. The third kappa shape index (κ3) is 3.35. The Morgan fingerprint density at radius 3 is 2.92 bits per heavy atom. The van der Waals surface area contributed by atoms with Crippen molar-refractivity contribution in [3.63, 3.8) is 0 Å². The molecule has 0 aliphatic carbocycles. The maximum Gasteiger partial charge on any atom is 0.254 e. The summed E-state index contributed by atoms with van der Waals surface area (Å²) in [5.74, 6) is 1.08. The summed E-state index contributed by atoms with van der Waals surface area (Å²) in [5.41, 5.74) is 0.532. The molecule has 0 saturated carbocycles. The standard InChI is InChI=1S/C19H25N3O4/c1-12-9-14(6-7-20-12)21-18(23)15-3-2-8-22(15)19(24)13-4-5-16-17(10-13)26-11-25-16/h4-5,10,12,14-15,20H,2-3,6-9,11H2,1H3,(H,21,23). The predicted octanol–water partition coefficient (Wildman–Crippen LogP) is 1.28. The van der Waals surface area contributed by atoms with Gasteiger partial charge in [-0.3, -0.25) is 9.59 Å². The Morgan fingerprint density at radius 1 is 1.23 bits per heavy atom. The third-order valence-corrected chi connectivity index (χ3v) is 5.41. The minimum absolute atomic E-state index is 0.0318. The number of nitrogens with zero attached hydrogens (tertiary/aromatic N) is 1. The highest BCUT2D eigenvalue weighted by Crippen LogP contribution is 2.33. The highest BCUT2D eigenvalue weighted by molar-refractivity contribution is 5.98. The van der Waals surface area contributed by atoms with Crippen LogP contribution in [-0.4, -0.2) is 54.7 Å². The fourth-order valence-corrected chi connectivity index (χ4v) is 4.04. The van der Waals surface area contributed by atoms with E-state index in [2.05, 4.69) is 17.6 Å². The number of amides is 2. The fraction of sp³-hybridized carbons (Fsp3) is 0.579. The van der Waals surface area contributed by atoms with Crippen LogP contribution in [0.25, 0.3) is 0 Å². The van der Waals surface area contributed by atoms with Crippen LogP contribution in [0.15, 0.2) is 18.2 Å². The summed E-state index contributed by atoms with van der Waals surface area (Å²) < 4.78 is 10.7. The third-order valence-electron chi connectivity index (χ3n) is 5.41. The molecule has 7 nitrogen and oxygen atoms in total. The van der Waals surface area contributed by atoms with E-state index in [4.69, 9.17) is 9.47 Å². The summed E-state index contributed by atoms with van der Waals surface area (Å²) in [7, 11) is 0. The van der Waals surface area contributed by atoms with Crippen molar-refractivity contribution in [2.75, 3.05) is 19.9 Å². The van der Waals surface area contributed by atoms with Crippen LogP contribution < -0.4 is 20.1 Å². The first-order chi connectivity index (χ1) is 12.6. The van der Waals surface area contributed by atoms with E-state index in [1.54, 1.807) is 23.1 Å². The number of rotatable bonds is 3. The van der Waals surface area contributed by atoms with Crippen molar-refractivity contribution in [3.05, 3.63) is 23.8 Å². The Labute approximate surface area is 153 Å². The normalized spacial score (nSPS) is 27.4. The van der Waals surface area contributed by atoms with Crippen LogP contribution in [0, 0.1) is 0 Å². The lowest BCUT2D eigenvalue weighted by Crippen LogP contribution is -2.52. The molecule has 0 spiro atoms. The van der Waals surface area contributed by atoms with Crippen molar-refractivity contribution in [2.45, 2.75) is 50.7 Å². The lowest BCUT2D eigenvalue weighted by atomic mass is 10.00. The van der Waals surface area contributed by atoms with Crippen LogP contribution in [0.5, 0.6) is 11.5 Å². The Hall–Kier alpha value is -2.28. The quantitative estimate of drug-likeness (QED) is 0.850. The van der Waals surface area contributed by atoms with Gasteiger partial charge in [0.15, 0.2) is 11.5 Å². The highest BCUT2D eigenvalue weighted by atomic mass is 16.7. The molecule has 3 aliphatic rings. The van der Waals surface area contributed by atoms with E-state index in [1.165, 1.54) is 0 Å². The number of likely N-dealkylation sites (tertiary alicyclic amines) is 1. The van der Waals surface area contributed by atoms with E-state index in [1.807, 2.05) is 0 Å². The van der Waals surface area contributed by atoms with Crippen molar-refractivity contribution in [3.8, 4) is 11.5 Å². The average molecular weight is 359 g/mol. The number of carbonyl (C=O) groups excluding carboxylic acids is 2. The zero-order valence-electron chi connectivity index (χ0n) is 15.0. The molecule has 3 heterocycles. The number of benzene rings is 1. The van der Waals surface area contributed by atoms with E-state index < -0.39 is 6.04 Å². The first-order valence-electron chi connectivity index (χ1n) is 9.36. The Balaban J connectivity index is 1.44. The lowest BCUT2D eigenvalue weighted by Gasteiger charge is -2.31. The number of hydrogen-bond acceptors (Lipinski definition) is 5. The Morgan fingerprint density at radius 2 is 2.08 bits per heavy atom. The summed E-state index contributed by atoms with van der Waals surface area (Å²) in [6, 6.07) is 5.38. The predicted molar refractivity (Wildman–Crippen MR) is 95.3 cm³/mol. The smallest absolute Gasteiger partial charge is 0.254 e. The molecule has 2 N–H and O–H groups in total. The molecule has 3 atom stereocenters. The van der Waals surface area contributed by atoms with Crippen molar-refractivity contribution < 1.29 is 19.1 Å². The maximum atomic E-state index is 12.9. The summed E-state index contributed by atoms with van der Waals surface area (Å²) in [6.45, 7) is 3.82. The topological polar surface area (TPSA) is 79.9 Å². The van der Waals surface area contributed by atoms with Crippen LogP contribution >= 0.6 is 0 Å². The minimum Gasteiger partial charge on any atom is -0.454 e. The van der Waals surface area contributed by atoms with Crippen molar-refractivity contribution in [1.82, 2.24) is 15.5 Å². The first kappa shape index (κ1) is 17.1. The molecule has 140 valence electrons. The van der Waals surface area contributed by atoms with E-state index in [0.29, 0.717) is 36.1 Å². The van der Waals surface area contributed by atoms with Gasteiger partial charge < -0.3 is 25.0 Å². The lowest BCUT2D eigenvalue weighted by molar-refractivity contribution is -0.125. The highest BCUT2D eigenvalue weighted by Gasteiger charge is 2.36. The van der Waals surface area contributed by atoms with Crippen LogP contribution in [0.3, 0.4) is 0 Å². The molecule has 0 aromatic heterocycles. The monoisotopic (exact) mass is 359 g/mol. The van der Waals surface area contributed by atoms with E-state index in [0.717, 1.165) is 25.8 Å². The second-order valence-electron chi connectivity index (χ2n) is 7.31. The first-order valence-corrected chi connectivity index (χ1v) is 9.36. The van der Waals surface area contributed by atoms with Gasteiger partial charge in [-0.25, -0.2) is 0 Å². The molecule has 2 fully saturated rings. The second-order valence-corrected chi connectivity index (χ2v) is 7.31. The van der Waals surface area contributed by atoms with Crippen LogP contribution in [-0.2, 0) is 4.79 Å². The molecule has 7 heteroatoms. The molecule has 0 bridgehead atoms. The molecule has 3 aliphatic heterocycles. The fourth-order valence-electron chi connectivity index (χ4n) is 4.04. The Kier molecular flexibility index (Phi) is 4.72. The van der Waals surface area contributed by atoms with Crippen molar-refractivity contribution >= 4 is 11.8 Å². The van der Waals surface area contributed by atoms with Gasteiger partial charge in [0.2, 0.25) is 12.7 Å². The van der Waals surface area contributed by atoms with E-state index in [9.17, 15) is 9.59 Å². The molecule has 4 rings (SSSR count). The SMILES string of the molecule is CC1CC(NC(=O)C2CCCN2C(=O)c2ccc3c(c2)OCO3)CCN1. The molecule has 1 aromatic carbocycles. The van der Waals surface area contributed by atoms with Crippen molar-refractivity contribution in [1.29, 1.82) is 0 Å². The zero-order valence-corrected chi connectivity index (χ0v) is 15.0. The summed E-state index contributed by atoms with van der Waals surface area (Å²) in [6.07, 6.45) is 3.41. The van der Waals surface area contributed by atoms with Gasteiger partial charge in [-0.15, -0.1) is 0 Å². The largest absolute Gasteiger partial charge is 0.454 e. The number of ether oxygens (including phenoxy) is 2. The van der Waals surface area contributed by atoms with Crippen LogP contribution in [0.1, 0.15) is 43.0 Å². The van der Waals surface area contributed by atoms with Crippen LogP contribution in [0.2, 0.25) is 0 Å². The number of fused-ring (bicyclic) bond motifs is 1. The molecule has 2 saturated heterocycles. The van der Waals surface area contributed by atoms with Gasteiger partial charge in [0.25, 0.3) is 5.91 Å². The molecule has 3 unspecified atom stereocenters. The molecular formula is C19H25N3O4. The zero-order chi connectivity index (χ0) is 18.1. The van der Waals surface area contributed by atoms with Gasteiger partial charge in [-0.1, -0.05) is 0 Å². The molecule has 1 aromatic rings. The summed E-state index contributed by atoms with van der Waals surface area (Å²) in [4.78, 5) is 27.4. The number of piperidine rings is 1. The van der Waals surface area contributed by atoms with Crippen LogP contribution in [0.4, 0.5) is 0 Å². The van der Waals surface area contributed by atoms with Gasteiger partial charge in [0.1, 0.15) is 6.04 Å². The van der Waals surface area contributed by atoms with Gasteiger partial charge in [-0.05, 0) is 57.4 Å². The molecule has 2 amide bonds. The van der Waals surface area contributed by atoms with E-state index in [-0.39, 0.29) is 24.6 Å². The van der Waals surface area contributed by atoms with Gasteiger partial charge in [0, 0.05) is 24.2 Å². The second kappa shape index (κ2) is 7.15. The van der Waals surface area contributed by atoms with Gasteiger partial charge in [0.05, 0.1) is 0 Å². The average Bonchev–Trinajstić information content (AvgIpc) is 3.29. The van der Waals surface area contributed by atoms with Gasteiger partial charge in [-0.2, -0.15) is 0 Å².